The van der Waals surface area contributed by atoms with Crippen molar-refractivity contribution in [2.75, 3.05) is 0 Å². The first-order valence-corrected chi connectivity index (χ1v) is 5.51. The van der Waals surface area contributed by atoms with Gasteiger partial charge in [0.2, 0.25) is 0 Å². The Hall–Kier alpha value is -2.83. The van der Waals surface area contributed by atoms with Crippen molar-refractivity contribution in [2.24, 2.45) is 0 Å². The van der Waals surface area contributed by atoms with E-state index in [1.54, 1.807) is 23.0 Å². The smallest absolute Gasteiger partial charge is 0.258 e. The molecule has 0 bridgehead atoms. The Balaban J connectivity index is 1.93. The molecule has 0 saturated carbocycles. The van der Waals surface area contributed by atoms with Gasteiger partial charge < -0.3 is 0 Å². The summed E-state index contributed by atoms with van der Waals surface area (Å²) in [7, 11) is 0. The highest BCUT2D eigenvalue weighted by molar-refractivity contribution is 5.72. The van der Waals surface area contributed by atoms with Gasteiger partial charge in [-0.2, -0.15) is 5.10 Å². The normalized spacial score (nSPS) is 11.5. The van der Waals surface area contributed by atoms with Gasteiger partial charge in [0.05, 0.1) is 24.4 Å². The summed E-state index contributed by atoms with van der Waals surface area (Å²) in [6, 6.07) is 6.25. The standard InChI is InChI=1S/C12H9N5O2/c18-17(19)11-3-1-9(2-4-11)7-16-12-10(6-15-16)5-13-8-14-12/h1-6,8H,7H2/i5D. The number of nitro benzene ring substituents is 1. The van der Waals surface area contributed by atoms with Crippen molar-refractivity contribution in [3.05, 3.63) is 58.6 Å². The van der Waals surface area contributed by atoms with Gasteiger partial charge in [-0.3, -0.25) is 10.1 Å². The molecule has 0 aliphatic heterocycles. The highest BCUT2D eigenvalue weighted by Crippen LogP contribution is 2.14. The van der Waals surface area contributed by atoms with Crippen LogP contribution in [0.15, 0.2) is 43.0 Å². The largest absolute Gasteiger partial charge is 0.269 e. The summed E-state index contributed by atoms with van der Waals surface area (Å²) in [5.41, 5.74) is 1.49. The predicted octanol–water partition coefficient (Wildman–Crippen LogP) is 1.78. The van der Waals surface area contributed by atoms with E-state index in [9.17, 15) is 10.1 Å². The van der Waals surface area contributed by atoms with E-state index < -0.39 is 4.92 Å². The van der Waals surface area contributed by atoms with Gasteiger partial charge in [-0.1, -0.05) is 12.1 Å². The molecule has 0 fully saturated rings. The van der Waals surface area contributed by atoms with Crippen LogP contribution in [-0.4, -0.2) is 24.7 Å². The van der Waals surface area contributed by atoms with Crippen molar-refractivity contribution in [3.63, 3.8) is 0 Å². The van der Waals surface area contributed by atoms with Crippen molar-refractivity contribution in [1.29, 1.82) is 0 Å². The fourth-order valence-electron chi connectivity index (χ4n) is 1.79. The number of fused-ring (bicyclic) bond motifs is 1. The highest BCUT2D eigenvalue weighted by Gasteiger charge is 2.07. The first-order chi connectivity index (χ1) is 9.65. The zero-order valence-corrected chi connectivity index (χ0v) is 9.72. The van der Waals surface area contributed by atoms with Crippen LogP contribution in [0.5, 0.6) is 0 Å². The topological polar surface area (TPSA) is 86.7 Å². The average Bonchev–Trinajstić information content (AvgIpc) is 2.84. The van der Waals surface area contributed by atoms with Gasteiger partial charge in [0.15, 0.2) is 5.65 Å². The summed E-state index contributed by atoms with van der Waals surface area (Å²) in [6.07, 6.45) is 2.99. The molecule has 0 saturated heterocycles. The SMILES string of the molecule is [2H]c1ncnc2c1cnn2Cc1ccc([N+](=O)[O-])cc1. The Bertz CT molecular complexity index is 784. The Morgan fingerprint density at radius 1 is 1.37 bits per heavy atom. The van der Waals surface area contributed by atoms with Crippen LogP contribution in [0.25, 0.3) is 11.0 Å². The fourth-order valence-corrected chi connectivity index (χ4v) is 1.79. The molecule has 7 nitrogen and oxygen atoms in total. The first kappa shape index (κ1) is 10.1. The quantitative estimate of drug-likeness (QED) is 0.526. The summed E-state index contributed by atoms with van der Waals surface area (Å²) in [5.74, 6) is 0. The number of rotatable bonds is 3. The highest BCUT2D eigenvalue weighted by atomic mass is 16.6. The molecule has 3 aromatic rings. The van der Waals surface area contributed by atoms with E-state index >= 15 is 0 Å². The van der Waals surface area contributed by atoms with Crippen molar-refractivity contribution in [1.82, 2.24) is 19.7 Å². The number of hydrogen-bond acceptors (Lipinski definition) is 5. The minimum Gasteiger partial charge on any atom is -0.258 e. The second-order valence-corrected chi connectivity index (χ2v) is 3.95. The van der Waals surface area contributed by atoms with Crippen molar-refractivity contribution >= 4 is 16.7 Å². The van der Waals surface area contributed by atoms with Crippen LogP contribution in [0, 0.1) is 10.1 Å². The van der Waals surface area contributed by atoms with E-state index in [4.69, 9.17) is 1.37 Å². The molecule has 94 valence electrons. The van der Waals surface area contributed by atoms with Crippen molar-refractivity contribution in [3.8, 4) is 0 Å². The zero-order chi connectivity index (χ0) is 14.1. The third-order valence-corrected chi connectivity index (χ3v) is 2.71. The Labute approximate surface area is 109 Å². The lowest BCUT2D eigenvalue weighted by atomic mass is 10.2. The number of benzene rings is 1. The van der Waals surface area contributed by atoms with E-state index in [0.717, 1.165) is 5.56 Å². The summed E-state index contributed by atoms with van der Waals surface area (Å²) in [5, 5.41) is 15.3. The number of hydrogen-bond donors (Lipinski definition) is 0. The Morgan fingerprint density at radius 3 is 2.89 bits per heavy atom. The van der Waals surface area contributed by atoms with Crippen LogP contribution in [-0.2, 0) is 6.54 Å². The van der Waals surface area contributed by atoms with Crippen LogP contribution in [0.4, 0.5) is 5.69 Å². The monoisotopic (exact) mass is 256 g/mol. The Morgan fingerprint density at radius 2 is 2.16 bits per heavy atom. The van der Waals surface area contributed by atoms with Gasteiger partial charge in [-0.05, 0) is 5.56 Å². The van der Waals surface area contributed by atoms with Crippen molar-refractivity contribution < 1.29 is 6.29 Å². The Kier molecular flexibility index (Phi) is 2.37. The molecule has 2 aromatic heterocycles. The van der Waals surface area contributed by atoms with Crippen LogP contribution in [0.2, 0.25) is 0 Å². The molecule has 0 radical (unpaired) electrons. The van der Waals surface area contributed by atoms with Gasteiger partial charge in [0.1, 0.15) is 6.33 Å². The second-order valence-electron chi connectivity index (χ2n) is 3.95. The molecule has 0 atom stereocenters. The predicted molar refractivity (Wildman–Crippen MR) is 67.5 cm³/mol. The molecule has 0 unspecified atom stereocenters. The van der Waals surface area contributed by atoms with E-state index in [1.165, 1.54) is 18.5 Å². The maximum atomic E-state index is 10.6. The number of nitrogens with zero attached hydrogens (tertiary/aromatic N) is 5. The third-order valence-electron chi connectivity index (χ3n) is 2.71. The maximum absolute atomic E-state index is 10.6. The summed E-state index contributed by atoms with van der Waals surface area (Å²) in [4.78, 5) is 18.0. The number of non-ortho nitro benzene ring substituents is 1. The van der Waals surface area contributed by atoms with Gasteiger partial charge in [0.25, 0.3) is 5.69 Å². The van der Waals surface area contributed by atoms with Crippen LogP contribution in [0.1, 0.15) is 6.93 Å². The first-order valence-electron chi connectivity index (χ1n) is 6.01. The molecule has 3 rings (SSSR count). The molecule has 0 aliphatic rings. The molecule has 0 amide bonds. The van der Waals surface area contributed by atoms with Gasteiger partial charge in [-0.15, -0.1) is 0 Å². The van der Waals surface area contributed by atoms with Gasteiger partial charge in [0, 0.05) is 18.3 Å². The lowest BCUT2D eigenvalue weighted by molar-refractivity contribution is -0.384. The molecular formula is C12H9N5O2. The molecular weight excluding hydrogens is 246 g/mol. The van der Waals surface area contributed by atoms with Gasteiger partial charge >= 0.3 is 0 Å². The van der Waals surface area contributed by atoms with Gasteiger partial charge in [-0.25, -0.2) is 14.6 Å². The molecule has 0 spiro atoms. The van der Waals surface area contributed by atoms with Crippen LogP contribution in [0.3, 0.4) is 0 Å². The molecule has 19 heavy (non-hydrogen) atoms. The molecule has 0 aliphatic carbocycles. The minimum atomic E-state index is -0.438. The lowest BCUT2D eigenvalue weighted by Gasteiger charge is -2.02. The number of aromatic nitrogens is 4. The van der Waals surface area contributed by atoms with E-state index in [-0.39, 0.29) is 11.9 Å². The molecule has 1 aromatic carbocycles. The summed E-state index contributed by atoms with van der Waals surface area (Å²) in [6.45, 7) is 0.429. The van der Waals surface area contributed by atoms with E-state index in [2.05, 4.69) is 15.1 Å². The number of nitro groups is 1. The molecule has 2 heterocycles. The lowest BCUT2D eigenvalue weighted by Crippen LogP contribution is -2.02. The third kappa shape index (κ3) is 2.13. The maximum Gasteiger partial charge on any atom is 0.269 e. The van der Waals surface area contributed by atoms with E-state index in [1.807, 2.05) is 0 Å². The van der Waals surface area contributed by atoms with Crippen LogP contribution >= 0.6 is 0 Å². The van der Waals surface area contributed by atoms with Crippen molar-refractivity contribution in [2.45, 2.75) is 6.54 Å². The summed E-state index contributed by atoms with van der Waals surface area (Å²) < 4.78 is 9.29. The minimum absolute atomic E-state index is 0.0508. The summed E-state index contributed by atoms with van der Waals surface area (Å²) >= 11 is 0. The van der Waals surface area contributed by atoms with E-state index in [0.29, 0.717) is 17.6 Å². The molecule has 0 N–H and O–H groups in total. The van der Waals surface area contributed by atoms with Crippen LogP contribution < -0.4 is 0 Å². The zero-order valence-electron chi connectivity index (χ0n) is 10.7. The second kappa shape index (κ2) is 4.45. The fraction of sp³-hybridized carbons (Fsp3) is 0.0833. The molecule has 7 heteroatoms. The average molecular weight is 256 g/mol.